The third-order valence-electron chi connectivity index (χ3n) is 3.07. The molecule has 5 heteroatoms. The molecule has 0 aliphatic carbocycles. The van der Waals surface area contributed by atoms with Gasteiger partial charge in [-0.3, -0.25) is 0 Å². The normalized spacial score (nSPS) is 11.6. The molecule has 0 amide bonds. The molecule has 1 aromatic carbocycles. The Bertz CT molecular complexity index is 556. The van der Waals surface area contributed by atoms with E-state index in [1.54, 1.807) is 7.11 Å². The number of hydrogen-bond acceptors (Lipinski definition) is 5. The van der Waals surface area contributed by atoms with E-state index >= 15 is 0 Å². The van der Waals surface area contributed by atoms with Gasteiger partial charge in [0.2, 0.25) is 11.8 Å². The van der Waals surface area contributed by atoms with Gasteiger partial charge in [0.05, 0.1) is 13.7 Å². The Kier molecular flexibility index (Phi) is 4.96. The third kappa shape index (κ3) is 5.19. The maximum absolute atomic E-state index is 5.64. The molecule has 0 bridgehead atoms. The zero-order chi connectivity index (χ0) is 15.3. The molecule has 0 radical (unpaired) electrons. The smallest absolute Gasteiger partial charge is 0.230 e. The number of benzene rings is 1. The minimum absolute atomic E-state index is 0.0394. The average molecular weight is 289 g/mol. The van der Waals surface area contributed by atoms with Gasteiger partial charge in [0, 0.05) is 12.0 Å². The topological polar surface area (TPSA) is 60.2 Å². The zero-order valence-corrected chi connectivity index (χ0v) is 13.1. The fraction of sp³-hybridized carbons (Fsp3) is 0.500. The molecule has 0 saturated heterocycles. The fourth-order valence-corrected chi connectivity index (χ4v) is 1.85. The van der Waals surface area contributed by atoms with Crippen LogP contribution in [0.2, 0.25) is 0 Å². The second kappa shape index (κ2) is 6.72. The Balaban J connectivity index is 1.84. The first-order valence-corrected chi connectivity index (χ1v) is 7.15. The highest BCUT2D eigenvalue weighted by Gasteiger charge is 2.12. The number of ether oxygens (including phenoxy) is 1. The molecule has 0 aliphatic rings. The van der Waals surface area contributed by atoms with Crippen LogP contribution < -0.4 is 10.1 Å². The lowest BCUT2D eigenvalue weighted by Crippen LogP contribution is -2.35. The maximum atomic E-state index is 5.64. The zero-order valence-electron chi connectivity index (χ0n) is 13.1. The van der Waals surface area contributed by atoms with Gasteiger partial charge in [-0.25, -0.2) is 0 Å². The summed E-state index contributed by atoms with van der Waals surface area (Å²) < 4.78 is 10.8. The van der Waals surface area contributed by atoms with Gasteiger partial charge >= 0.3 is 0 Å². The van der Waals surface area contributed by atoms with Crippen LogP contribution in [-0.4, -0.2) is 22.8 Å². The molecule has 21 heavy (non-hydrogen) atoms. The average Bonchev–Trinajstić information content (AvgIpc) is 2.91. The number of nitrogens with one attached hydrogen (secondary N) is 1. The first-order chi connectivity index (χ1) is 9.96. The molecule has 1 heterocycles. The molecular weight excluding hydrogens is 266 g/mol. The Morgan fingerprint density at radius 1 is 1.05 bits per heavy atom. The maximum Gasteiger partial charge on any atom is 0.230 e. The van der Waals surface area contributed by atoms with Crippen molar-refractivity contribution in [2.75, 3.05) is 7.11 Å². The van der Waals surface area contributed by atoms with Crippen molar-refractivity contribution < 1.29 is 9.15 Å². The number of hydrogen-bond donors (Lipinski definition) is 1. The second-order valence-electron chi connectivity index (χ2n) is 6.04. The summed E-state index contributed by atoms with van der Waals surface area (Å²) in [5.41, 5.74) is 1.26. The van der Waals surface area contributed by atoms with Crippen molar-refractivity contribution in [1.29, 1.82) is 0 Å². The van der Waals surface area contributed by atoms with Crippen LogP contribution in [0.4, 0.5) is 0 Å². The number of nitrogens with zero attached hydrogens (tertiary/aromatic N) is 2. The van der Waals surface area contributed by atoms with Crippen LogP contribution in [0.5, 0.6) is 5.75 Å². The molecule has 1 aromatic heterocycles. The molecule has 5 nitrogen and oxygen atoms in total. The highest BCUT2D eigenvalue weighted by molar-refractivity contribution is 5.27. The summed E-state index contributed by atoms with van der Waals surface area (Å²) in [7, 11) is 1.67. The SMILES string of the molecule is COc1ccc(CCc2nnc(CNC(C)(C)C)o2)cc1. The van der Waals surface area contributed by atoms with Crippen molar-refractivity contribution in [3.8, 4) is 5.75 Å². The van der Waals surface area contributed by atoms with Gasteiger partial charge in [-0.15, -0.1) is 10.2 Å². The molecule has 1 N–H and O–H groups in total. The number of rotatable bonds is 6. The molecule has 0 aliphatic heterocycles. The minimum atomic E-state index is 0.0394. The molecule has 0 atom stereocenters. The summed E-state index contributed by atoms with van der Waals surface area (Å²) in [4.78, 5) is 0. The Labute approximate surface area is 125 Å². The summed E-state index contributed by atoms with van der Waals surface area (Å²) in [6, 6.07) is 8.03. The summed E-state index contributed by atoms with van der Waals surface area (Å²) in [5.74, 6) is 2.18. The van der Waals surface area contributed by atoms with E-state index in [0.717, 1.165) is 18.6 Å². The quantitative estimate of drug-likeness (QED) is 0.886. The van der Waals surface area contributed by atoms with Crippen molar-refractivity contribution in [1.82, 2.24) is 15.5 Å². The lowest BCUT2D eigenvalue weighted by molar-refractivity contribution is 0.370. The highest BCUT2D eigenvalue weighted by Crippen LogP contribution is 2.13. The van der Waals surface area contributed by atoms with E-state index in [1.165, 1.54) is 5.56 Å². The molecule has 0 spiro atoms. The van der Waals surface area contributed by atoms with Gasteiger partial charge in [-0.2, -0.15) is 0 Å². The molecule has 2 aromatic rings. The van der Waals surface area contributed by atoms with Crippen LogP contribution in [-0.2, 0) is 19.4 Å². The monoisotopic (exact) mass is 289 g/mol. The van der Waals surface area contributed by atoms with E-state index in [9.17, 15) is 0 Å². The highest BCUT2D eigenvalue weighted by atomic mass is 16.5. The van der Waals surface area contributed by atoms with Crippen molar-refractivity contribution in [2.24, 2.45) is 0 Å². The Morgan fingerprint density at radius 3 is 2.33 bits per heavy atom. The Morgan fingerprint density at radius 2 is 1.71 bits per heavy atom. The first kappa shape index (κ1) is 15.5. The molecule has 2 rings (SSSR count). The lowest BCUT2D eigenvalue weighted by atomic mass is 10.1. The predicted octanol–water partition coefficient (Wildman–Crippen LogP) is 2.75. The van der Waals surface area contributed by atoms with Crippen molar-refractivity contribution in [2.45, 2.75) is 45.7 Å². The number of aryl methyl sites for hydroxylation is 2. The standard InChI is InChI=1S/C16H23N3O2/c1-16(2,3)17-11-15-19-18-14(21-15)10-7-12-5-8-13(20-4)9-6-12/h5-6,8-9,17H,7,10-11H2,1-4H3. The second-order valence-corrected chi connectivity index (χ2v) is 6.04. The van der Waals surface area contributed by atoms with Crippen LogP contribution in [0.25, 0.3) is 0 Å². The molecule has 114 valence electrons. The Hall–Kier alpha value is -1.88. The van der Waals surface area contributed by atoms with Gasteiger partial charge in [0.25, 0.3) is 0 Å². The largest absolute Gasteiger partial charge is 0.497 e. The van der Waals surface area contributed by atoms with E-state index < -0.39 is 0 Å². The van der Waals surface area contributed by atoms with Crippen molar-refractivity contribution >= 4 is 0 Å². The fourth-order valence-electron chi connectivity index (χ4n) is 1.85. The summed E-state index contributed by atoms with van der Waals surface area (Å²) in [5, 5.41) is 11.5. The lowest BCUT2D eigenvalue weighted by Gasteiger charge is -2.18. The predicted molar refractivity (Wildman–Crippen MR) is 81.3 cm³/mol. The summed E-state index contributed by atoms with van der Waals surface area (Å²) >= 11 is 0. The molecular formula is C16H23N3O2. The van der Waals surface area contributed by atoms with Gasteiger partial charge in [-0.05, 0) is 44.9 Å². The van der Waals surface area contributed by atoms with E-state index in [2.05, 4.69) is 48.4 Å². The van der Waals surface area contributed by atoms with Crippen LogP contribution in [0, 0.1) is 0 Å². The molecule has 0 saturated carbocycles. The molecule has 0 unspecified atom stereocenters. The van der Waals surface area contributed by atoms with Crippen molar-refractivity contribution in [3.05, 3.63) is 41.6 Å². The first-order valence-electron chi connectivity index (χ1n) is 7.15. The van der Waals surface area contributed by atoms with E-state index in [1.807, 2.05) is 12.1 Å². The van der Waals surface area contributed by atoms with E-state index in [0.29, 0.717) is 18.3 Å². The van der Waals surface area contributed by atoms with Gasteiger partial charge < -0.3 is 14.5 Å². The number of methoxy groups -OCH3 is 1. The van der Waals surface area contributed by atoms with Crippen LogP contribution in [0.3, 0.4) is 0 Å². The van der Waals surface area contributed by atoms with E-state index in [4.69, 9.17) is 9.15 Å². The summed E-state index contributed by atoms with van der Waals surface area (Å²) in [6.07, 6.45) is 1.62. The van der Waals surface area contributed by atoms with E-state index in [-0.39, 0.29) is 5.54 Å². The van der Waals surface area contributed by atoms with Crippen LogP contribution in [0.1, 0.15) is 38.1 Å². The van der Waals surface area contributed by atoms with Crippen molar-refractivity contribution in [3.63, 3.8) is 0 Å². The van der Waals surface area contributed by atoms with Gasteiger partial charge in [-0.1, -0.05) is 12.1 Å². The van der Waals surface area contributed by atoms with Crippen LogP contribution >= 0.6 is 0 Å². The minimum Gasteiger partial charge on any atom is -0.497 e. The van der Waals surface area contributed by atoms with Crippen LogP contribution in [0.15, 0.2) is 28.7 Å². The summed E-state index contributed by atoms with van der Waals surface area (Å²) in [6.45, 7) is 6.91. The van der Waals surface area contributed by atoms with Gasteiger partial charge in [0.15, 0.2) is 0 Å². The van der Waals surface area contributed by atoms with Gasteiger partial charge in [0.1, 0.15) is 5.75 Å². The number of aromatic nitrogens is 2. The molecule has 0 fully saturated rings. The third-order valence-corrected chi connectivity index (χ3v) is 3.07.